The number of hydrogen-bond donors (Lipinski definition) is 1. The van der Waals surface area contributed by atoms with Crippen molar-refractivity contribution in [1.82, 2.24) is 0 Å². The highest BCUT2D eigenvalue weighted by atomic mass is 16.6. The minimum absolute atomic E-state index is 0.0407. The minimum atomic E-state index is -1.01. The number of nitrogens with two attached hydrogens (primary N) is 1. The summed E-state index contributed by atoms with van der Waals surface area (Å²) in [6.07, 6.45) is -1.25. The molecule has 0 spiro atoms. The predicted octanol–water partition coefficient (Wildman–Crippen LogP) is 2.56. The molecule has 2 N–H and O–H groups in total. The number of hydrogen-bond acceptors (Lipinski definition) is 9. The lowest BCUT2D eigenvalue weighted by molar-refractivity contribution is -0.169. The van der Waals surface area contributed by atoms with Crippen LogP contribution in [0.1, 0.15) is 54.0 Å². The van der Waals surface area contributed by atoms with Crippen LogP contribution in [0, 0.1) is 11.8 Å². The van der Waals surface area contributed by atoms with Crippen molar-refractivity contribution in [1.29, 1.82) is 0 Å². The molecule has 0 radical (unpaired) electrons. The molecule has 1 aromatic rings. The first-order chi connectivity index (χ1) is 14.8. The molecule has 0 aromatic heterocycles. The average molecular weight is 452 g/mol. The molecule has 4 atom stereocenters. The van der Waals surface area contributed by atoms with E-state index in [4.69, 9.17) is 24.7 Å². The fourth-order valence-corrected chi connectivity index (χ4v) is 2.52. The highest BCUT2D eigenvalue weighted by Gasteiger charge is 2.27. The van der Waals surface area contributed by atoms with E-state index < -0.39 is 36.2 Å². The van der Waals surface area contributed by atoms with Crippen molar-refractivity contribution in [3.05, 3.63) is 23.8 Å². The number of carbonyl (C=O) groups is 4. The van der Waals surface area contributed by atoms with Gasteiger partial charge >= 0.3 is 23.9 Å². The molecule has 1 unspecified atom stereocenters. The largest absolute Gasteiger partial charge is 0.459 e. The fraction of sp³-hybridized carbons (Fsp3) is 0.565. The SMILES string of the molecule is CC(=O)Oc1ccc(C[C@H](N)C(=O)O[C@@H](C)[C@H](C)OC(=O)C(C)C(C)C)cc1OC(C)=O. The molecule has 0 aliphatic carbocycles. The zero-order valence-electron chi connectivity index (χ0n) is 19.7. The Bertz CT molecular complexity index is 835. The van der Waals surface area contributed by atoms with Crippen LogP contribution in [0.15, 0.2) is 18.2 Å². The van der Waals surface area contributed by atoms with Crippen LogP contribution in [0.5, 0.6) is 11.5 Å². The second kappa shape index (κ2) is 12.2. The van der Waals surface area contributed by atoms with Gasteiger partial charge in [-0.2, -0.15) is 0 Å². The van der Waals surface area contributed by atoms with E-state index in [9.17, 15) is 19.2 Å². The Morgan fingerprint density at radius 3 is 1.81 bits per heavy atom. The maximum Gasteiger partial charge on any atom is 0.323 e. The van der Waals surface area contributed by atoms with E-state index in [-0.39, 0.29) is 35.7 Å². The van der Waals surface area contributed by atoms with Crippen molar-refractivity contribution >= 4 is 23.9 Å². The van der Waals surface area contributed by atoms with Crippen LogP contribution >= 0.6 is 0 Å². The van der Waals surface area contributed by atoms with Crippen LogP contribution in [-0.4, -0.2) is 42.1 Å². The van der Waals surface area contributed by atoms with E-state index in [1.807, 2.05) is 13.8 Å². The number of carbonyl (C=O) groups excluding carboxylic acids is 4. The molecule has 178 valence electrons. The topological polar surface area (TPSA) is 131 Å². The van der Waals surface area contributed by atoms with Crippen LogP contribution in [0.2, 0.25) is 0 Å². The molecular formula is C23H33NO8. The summed E-state index contributed by atoms with van der Waals surface area (Å²) in [6, 6.07) is 3.50. The van der Waals surface area contributed by atoms with Crippen molar-refractivity contribution in [2.45, 2.75) is 73.1 Å². The lowest BCUT2D eigenvalue weighted by Gasteiger charge is -2.24. The normalized spacial score (nSPS) is 14.7. The van der Waals surface area contributed by atoms with Crippen LogP contribution < -0.4 is 15.2 Å². The van der Waals surface area contributed by atoms with Gasteiger partial charge < -0.3 is 24.7 Å². The van der Waals surface area contributed by atoms with Gasteiger partial charge in [-0.25, -0.2) is 0 Å². The van der Waals surface area contributed by atoms with Crippen molar-refractivity contribution in [3.8, 4) is 11.5 Å². The first-order valence-corrected chi connectivity index (χ1v) is 10.5. The molecule has 9 heteroatoms. The molecule has 0 saturated heterocycles. The zero-order valence-corrected chi connectivity index (χ0v) is 19.7. The first-order valence-electron chi connectivity index (χ1n) is 10.5. The van der Waals surface area contributed by atoms with Crippen LogP contribution in [0.4, 0.5) is 0 Å². The summed E-state index contributed by atoms with van der Waals surface area (Å²) in [6.45, 7) is 11.3. The van der Waals surface area contributed by atoms with Gasteiger partial charge in [0.15, 0.2) is 11.5 Å². The molecule has 1 aromatic carbocycles. The quantitative estimate of drug-likeness (QED) is 0.421. The summed E-state index contributed by atoms with van der Waals surface area (Å²) in [5, 5.41) is 0. The van der Waals surface area contributed by atoms with Crippen LogP contribution in [-0.2, 0) is 35.1 Å². The van der Waals surface area contributed by atoms with Crippen LogP contribution in [0.25, 0.3) is 0 Å². The van der Waals surface area contributed by atoms with Gasteiger partial charge in [-0.05, 0) is 43.9 Å². The van der Waals surface area contributed by atoms with Gasteiger partial charge in [-0.15, -0.1) is 0 Å². The number of esters is 4. The lowest BCUT2D eigenvalue weighted by Crippen LogP contribution is -2.40. The van der Waals surface area contributed by atoms with Crippen molar-refractivity contribution in [2.24, 2.45) is 17.6 Å². The molecule has 9 nitrogen and oxygen atoms in total. The number of rotatable bonds is 10. The molecule has 0 aliphatic rings. The van der Waals surface area contributed by atoms with Gasteiger partial charge in [-0.1, -0.05) is 26.8 Å². The standard InChI is InChI=1S/C23H33NO8/c1-12(2)13(3)22(27)29-14(4)15(5)30-23(28)19(24)10-18-8-9-20(31-16(6)25)21(11-18)32-17(7)26/h8-9,11-15,19H,10,24H2,1-7H3/t13?,14-,15-,19-/m0/s1. The van der Waals surface area contributed by atoms with Gasteiger partial charge in [0.2, 0.25) is 0 Å². The molecule has 0 amide bonds. The maximum atomic E-state index is 12.4. The third kappa shape index (κ3) is 8.66. The third-order valence-corrected chi connectivity index (χ3v) is 4.91. The summed E-state index contributed by atoms with van der Waals surface area (Å²) in [5.41, 5.74) is 6.55. The van der Waals surface area contributed by atoms with E-state index in [2.05, 4.69) is 0 Å². The summed E-state index contributed by atoms with van der Waals surface area (Å²) < 4.78 is 20.8. The first kappa shape index (κ1) is 27.1. The predicted molar refractivity (Wildman–Crippen MR) is 116 cm³/mol. The monoisotopic (exact) mass is 451 g/mol. The van der Waals surface area contributed by atoms with Gasteiger partial charge in [0.05, 0.1) is 5.92 Å². The van der Waals surface area contributed by atoms with E-state index in [0.717, 1.165) is 0 Å². The lowest BCUT2D eigenvalue weighted by atomic mass is 9.98. The summed E-state index contributed by atoms with van der Waals surface area (Å²) in [4.78, 5) is 47.1. The summed E-state index contributed by atoms with van der Waals surface area (Å²) in [7, 11) is 0. The molecule has 0 fully saturated rings. The molecule has 0 heterocycles. The second-order valence-electron chi connectivity index (χ2n) is 8.10. The van der Waals surface area contributed by atoms with Crippen molar-refractivity contribution in [2.75, 3.05) is 0 Å². The van der Waals surface area contributed by atoms with Gasteiger partial charge in [0.25, 0.3) is 0 Å². The third-order valence-electron chi connectivity index (χ3n) is 4.91. The number of benzene rings is 1. The van der Waals surface area contributed by atoms with E-state index in [0.29, 0.717) is 5.56 Å². The maximum absolute atomic E-state index is 12.4. The molecule has 32 heavy (non-hydrogen) atoms. The fourth-order valence-electron chi connectivity index (χ4n) is 2.52. The highest BCUT2D eigenvalue weighted by molar-refractivity contribution is 5.77. The zero-order chi connectivity index (χ0) is 24.6. The number of ether oxygens (including phenoxy) is 4. The summed E-state index contributed by atoms with van der Waals surface area (Å²) >= 11 is 0. The minimum Gasteiger partial charge on any atom is -0.459 e. The molecule has 0 bridgehead atoms. The Labute approximate surface area is 188 Å². The van der Waals surface area contributed by atoms with E-state index >= 15 is 0 Å². The molecular weight excluding hydrogens is 418 g/mol. The van der Waals surface area contributed by atoms with Crippen molar-refractivity contribution < 1.29 is 38.1 Å². The molecule has 0 saturated carbocycles. The second-order valence-corrected chi connectivity index (χ2v) is 8.10. The van der Waals surface area contributed by atoms with Crippen LogP contribution in [0.3, 0.4) is 0 Å². The Morgan fingerprint density at radius 2 is 1.31 bits per heavy atom. The molecule has 1 rings (SSSR count). The Balaban J connectivity index is 2.77. The van der Waals surface area contributed by atoms with Crippen molar-refractivity contribution in [3.63, 3.8) is 0 Å². The Hall–Kier alpha value is -2.94. The summed E-state index contributed by atoms with van der Waals surface area (Å²) in [5.74, 6) is -2.22. The van der Waals surface area contributed by atoms with E-state index in [1.54, 1.807) is 26.8 Å². The van der Waals surface area contributed by atoms with E-state index in [1.165, 1.54) is 26.0 Å². The average Bonchev–Trinajstić information content (AvgIpc) is 2.68. The smallest absolute Gasteiger partial charge is 0.323 e. The Kier molecular flexibility index (Phi) is 10.3. The van der Waals surface area contributed by atoms with Gasteiger partial charge in [0, 0.05) is 13.8 Å². The highest BCUT2D eigenvalue weighted by Crippen LogP contribution is 2.29. The Morgan fingerprint density at radius 1 is 0.812 bits per heavy atom. The molecule has 0 aliphatic heterocycles. The van der Waals surface area contributed by atoms with Gasteiger partial charge in [0.1, 0.15) is 18.2 Å². The van der Waals surface area contributed by atoms with Gasteiger partial charge in [-0.3, -0.25) is 19.2 Å².